The Morgan fingerprint density at radius 3 is 2.73 bits per heavy atom. The fourth-order valence-electron chi connectivity index (χ4n) is 1.13. The van der Waals surface area contributed by atoms with Crippen molar-refractivity contribution in [3.8, 4) is 0 Å². The lowest BCUT2D eigenvalue weighted by Gasteiger charge is -2.03. The van der Waals surface area contributed by atoms with Crippen molar-refractivity contribution in [1.29, 1.82) is 0 Å². The molecule has 1 saturated heterocycles. The van der Waals surface area contributed by atoms with E-state index in [1.54, 1.807) is 6.92 Å². The predicted molar refractivity (Wildman–Crippen MR) is 43.4 cm³/mol. The third-order valence-corrected chi connectivity index (χ3v) is 1.96. The molecule has 2 nitrogen and oxygen atoms in total. The van der Waals surface area contributed by atoms with Crippen LogP contribution in [0.2, 0.25) is 0 Å². The van der Waals surface area contributed by atoms with Gasteiger partial charge in [0.15, 0.2) is 5.78 Å². The third kappa shape index (κ3) is 2.46. The van der Waals surface area contributed by atoms with E-state index in [-0.39, 0.29) is 11.9 Å². The average molecular weight is 154 g/mol. The molecular weight excluding hydrogens is 140 g/mol. The van der Waals surface area contributed by atoms with Gasteiger partial charge in [0.25, 0.3) is 0 Å². The second-order valence-corrected chi connectivity index (χ2v) is 2.96. The highest BCUT2D eigenvalue weighted by atomic mass is 16.5. The van der Waals surface area contributed by atoms with E-state index in [1.807, 2.05) is 13.0 Å². The Labute approximate surface area is 67.2 Å². The molecule has 0 amide bonds. The normalized spacial score (nSPS) is 25.6. The Kier molecular flexibility index (Phi) is 2.83. The summed E-state index contributed by atoms with van der Waals surface area (Å²) in [6, 6.07) is 0. The summed E-state index contributed by atoms with van der Waals surface area (Å²) in [5.74, 6) is 0.139. The number of ketones is 1. The first-order valence-corrected chi connectivity index (χ1v) is 4.01. The van der Waals surface area contributed by atoms with Crippen molar-refractivity contribution in [2.24, 2.45) is 0 Å². The van der Waals surface area contributed by atoms with E-state index in [0.717, 1.165) is 25.0 Å². The molecule has 1 heterocycles. The van der Waals surface area contributed by atoms with Crippen molar-refractivity contribution in [2.45, 2.75) is 32.8 Å². The molecule has 11 heavy (non-hydrogen) atoms. The highest BCUT2D eigenvalue weighted by Gasteiger charge is 2.13. The van der Waals surface area contributed by atoms with Crippen molar-refractivity contribution < 1.29 is 9.53 Å². The van der Waals surface area contributed by atoms with Crippen LogP contribution in [0.15, 0.2) is 11.6 Å². The molecule has 0 aliphatic carbocycles. The number of carbonyl (C=O) groups is 1. The van der Waals surface area contributed by atoms with Gasteiger partial charge < -0.3 is 4.74 Å². The van der Waals surface area contributed by atoms with E-state index >= 15 is 0 Å². The average Bonchev–Trinajstić information content (AvgIpc) is 2.39. The smallest absolute Gasteiger partial charge is 0.155 e. The van der Waals surface area contributed by atoms with Gasteiger partial charge in [0.05, 0.1) is 6.10 Å². The van der Waals surface area contributed by atoms with Crippen LogP contribution < -0.4 is 0 Å². The van der Waals surface area contributed by atoms with Crippen molar-refractivity contribution in [1.82, 2.24) is 0 Å². The fourth-order valence-corrected chi connectivity index (χ4v) is 1.13. The fraction of sp³-hybridized carbons (Fsp3) is 0.667. The Bertz CT molecular complexity index is 176. The van der Waals surface area contributed by atoms with Crippen molar-refractivity contribution >= 4 is 5.78 Å². The molecule has 0 spiro atoms. The molecule has 0 aromatic rings. The van der Waals surface area contributed by atoms with Crippen LogP contribution in [0.5, 0.6) is 0 Å². The van der Waals surface area contributed by atoms with Gasteiger partial charge in [-0.3, -0.25) is 4.79 Å². The molecule has 0 aromatic carbocycles. The third-order valence-electron chi connectivity index (χ3n) is 1.96. The monoisotopic (exact) mass is 154 g/mol. The van der Waals surface area contributed by atoms with Gasteiger partial charge in [-0.2, -0.15) is 0 Å². The summed E-state index contributed by atoms with van der Waals surface area (Å²) in [5.41, 5.74) is 0.817. The van der Waals surface area contributed by atoms with Crippen molar-refractivity contribution in [2.75, 3.05) is 6.61 Å². The summed E-state index contributed by atoms with van der Waals surface area (Å²) in [6.07, 6.45) is 4.30. The number of Topliss-reactive ketones (excluding diaryl/α,β-unsaturated/α-hetero) is 1. The highest BCUT2D eigenvalue weighted by molar-refractivity contribution is 5.92. The molecule has 0 bridgehead atoms. The Balaban J connectivity index is 2.49. The summed E-state index contributed by atoms with van der Waals surface area (Å²) in [4.78, 5) is 10.8. The first-order valence-electron chi connectivity index (χ1n) is 4.01. The van der Waals surface area contributed by atoms with Crippen molar-refractivity contribution in [3.05, 3.63) is 11.6 Å². The first kappa shape index (κ1) is 8.47. The van der Waals surface area contributed by atoms with Gasteiger partial charge in [-0.1, -0.05) is 0 Å². The van der Waals surface area contributed by atoms with Gasteiger partial charge in [-0.05, 0) is 38.3 Å². The molecule has 1 unspecified atom stereocenters. The molecule has 0 N–H and O–H groups in total. The van der Waals surface area contributed by atoms with Gasteiger partial charge in [0.1, 0.15) is 0 Å². The van der Waals surface area contributed by atoms with E-state index in [1.165, 1.54) is 0 Å². The lowest BCUT2D eigenvalue weighted by molar-refractivity contribution is -0.113. The van der Waals surface area contributed by atoms with Crippen molar-refractivity contribution in [3.63, 3.8) is 0 Å². The van der Waals surface area contributed by atoms with Gasteiger partial charge in [-0.25, -0.2) is 0 Å². The number of hydrogen-bond donors (Lipinski definition) is 0. The number of carbonyl (C=O) groups excluding carboxylic acids is 1. The molecule has 1 atom stereocenters. The van der Waals surface area contributed by atoms with Crippen LogP contribution in [0.4, 0.5) is 0 Å². The lowest BCUT2D eigenvalue weighted by Crippen LogP contribution is -2.03. The predicted octanol–water partition coefficient (Wildman–Crippen LogP) is 1.70. The summed E-state index contributed by atoms with van der Waals surface area (Å²) >= 11 is 0. The van der Waals surface area contributed by atoms with Gasteiger partial charge in [0.2, 0.25) is 0 Å². The highest BCUT2D eigenvalue weighted by Crippen LogP contribution is 2.14. The Morgan fingerprint density at radius 2 is 2.27 bits per heavy atom. The molecular formula is C9H14O2. The summed E-state index contributed by atoms with van der Waals surface area (Å²) < 4.78 is 5.35. The topological polar surface area (TPSA) is 26.3 Å². The number of rotatable bonds is 2. The zero-order valence-electron chi connectivity index (χ0n) is 7.09. The van der Waals surface area contributed by atoms with Gasteiger partial charge in [0, 0.05) is 6.61 Å². The maximum absolute atomic E-state index is 10.8. The number of hydrogen-bond acceptors (Lipinski definition) is 2. The van der Waals surface area contributed by atoms with Crippen LogP contribution in [0.1, 0.15) is 26.7 Å². The zero-order valence-corrected chi connectivity index (χ0v) is 7.09. The molecule has 1 aliphatic heterocycles. The molecule has 0 saturated carbocycles. The van der Waals surface area contributed by atoms with Crippen LogP contribution in [0, 0.1) is 0 Å². The van der Waals surface area contributed by atoms with E-state index in [2.05, 4.69) is 0 Å². The minimum Gasteiger partial charge on any atom is -0.374 e. The second kappa shape index (κ2) is 3.67. The first-order chi connectivity index (χ1) is 5.20. The minimum atomic E-state index is 0.139. The molecule has 0 radical (unpaired) electrons. The van der Waals surface area contributed by atoms with E-state index < -0.39 is 0 Å². The van der Waals surface area contributed by atoms with Crippen LogP contribution in [0.25, 0.3) is 0 Å². The molecule has 62 valence electrons. The minimum absolute atomic E-state index is 0.139. The van der Waals surface area contributed by atoms with Crippen LogP contribution in [-0.2, 0) is 9.53 Å². The Morgan fingerprint density at radius 1 is 1.55 bits per heavy atom. The van der Waals surface area contributed by atoms with Crippen LogP contribution in [0.3, 0.4) is 0 Å². The number of ether oxygens (including phenoxy) is 1. The van der Waals surface area contributed by atoms with E-state index in [0.29, 0.717) is 0 Å². The van der Waals surface area contributed by atoms with E-state index in [9.17, 15) is 4.79 Å². The lowest BCUT2D eigenvalue weighted by atomic mass is 10.1. The van der Waals surface area contributed by atoms with Crippen LogP contribution >= 0.6 is 0 Å². The SMILES string of the molecule is CC(=O)C(C)=CC1CCCO1. The number of allylic oxidation sites excluding steroid dienone is 1. The molecule has 0 aromatic heterocycles. The molecule has 1 fully saturated rings. The summed E-state index contributed by atoms with van der Waals surface area (Å²) in [7, 11) is 0. The van der Waals surface area contributed by atoms with Gasteiger partial charge in [-0.15, -0.1) is 0 Å². The molecule has 1 aliphatic rings. The van der Waals surface area contributed by atoms with Crippen LogP contribution in [-0.4, -0.2) is 18.5 Å². The molecule has 1 rings (SSSR count). The summed E-state index contributed by atoms with van der Waals surface area (Å²) in [6.45, 7) is 4.26. The quantitative estimate of drug-likeness (QED) is 0.566. The Hall–Kier alpha value is -0.630. The van der Waals surface area contributed by atoms with Gasteiger partial charge >= 0.3 is 0 Å². The maximum Gasteiger partial charge on any atom is 0.155 e. The second-order valence-electron chi connectivity index (χ2n) is 2.96. The zero-order chi connectivity index (χ0) is 8.27. The standard InChI is InChI=1S/C9H14O2/c1-7(8(2)10)6-9-4-3-5-11-9/h6,9H,3-5H2,1-2H3. The largest absolute Gasteiger partial charge is 0.374 e. The molecule has 2 heteroatoms. The summed E-state index contributed by atoms with van der Waals surface area (Å²) in [5, 5.41) is 0. The maximum atomic E-state index is 10.8. The van der Waals surface area contributed by atoms with E-state index in [4.69, 9.17) is 4.74 Å².